The van der Waals surface area contributed by atoms with Gasteiger partial charge in [0.1, 0.15) is 5.82 Å². The van der Waals surface area contributed by atoms with Crippen molar-refractivity contribution in [3.05, 3.63) is 18.0 Å². The second kappa shape index (κ2) is 5.58. The third-order valence-corrected chi connectivity index (χ3v) is 8.98. The van der Waals surface area contributed by atoms with E-state index in [-0.39, 0.29) is 16.7 Å². The molecule has 6 heteroatoms. The van der Waals surface area contributed by atoms with Crippen LogP contribution in [0.2, 0.25) is 0 Å². The molecular formula is C21H31N5O. The van der Waals surface area contributed by atoms with E-state index in [0.717, 1.165) is 24.1 Å². The molecule has 27 heavy (non-hydrogen) atoms. The number of anilines is 1. The van der Waals surface area contributed by atoms with Gasteiger partial charge in [0.05, 0.1) is 0 Å². The molecule has 3 fully saturated rings. The zero-order chi connectivity index (χ0) is 19.0. The van der Waals surface area contributed by atoms with Crippen LogP contribution in [0.4, 0.5) is 5.95 Å². The molecule has 2 heterocycles. The largest absolute Gasteiger partial charge is 0.367 e. The minimum Gasteiger partial charge on any atom is -0.367 e. The first-order valence-electron chi connectivity index (χ1n) is 10.5. The lowest BCUT2D eigenvalue weighted by Gasteiger charge is -2.60. The van der Waals surface area contributed by atoms with E-state index >= 15 is 0 Å². The van der Waals surface area contributed by atoms with E-state index < -0.39 is 0 Å². The number of H-pyrrole nitrogens is 1. The van der Waals surface area contributed by atoms with E-state index in [0.29, 0.717) is 23.8 Å². The number of likely N-dealkylation sites (N-methyl/N-ethyl adjacent to an activating group) is 1. The average Bonchev–Trinajstić information content (AvgIpc) is 3.21. The van der Waals surface area contributed by atoms with Crippen molar-refractivity contribution in [3.8, 4) is 0 Å². The third-order valence-electron chi connectivity index (χ3n) is 8.98. The fourth-order valence-corrected chi connectivity index (χ4v) is 7.63. The van der Waals surface area contributed by atoms with Gasteiger partial charge in [-0.1, -0.05) is 19.9 Å². The summed E-state index contributed by atoms with van der Waals surface area (Å²) in [4.78, 5) is 18.7. The highest BCUT2D eigenvalue weighted by Crippen LogP contribution is 2.67. The number of carbonyl (C=O) groups excluding carboxylic acids is 1. The molecular weight excluding hydrogens is 338 g/mol. The number of carbonyl (C=O) groups is 1. The minimum absolute atomic E-state index is 0.113. The van der Waals surface area contributed by atoms with Gasteiger partial charge in [0.2, 0.25) is 11.9 Å². The van der Waals surface area contributed by atoms with Gasteiger partial charge in [-0.3, -0.25) is 9.89 Å². The molecule has 0 radical (unpaired) electrons. The first-order chi connectivity index (χ1) is 12.8. The number of nitrogens with zero attached hydrogens (tertiary/aromatic N) is 3. The molecule has 0 spiro atoms. The Bertz CT molecular complexity index is 802. The summed E-state index contributed by atoms with van der Waals surface area (Å²) in [7, 11) is 1.99. The number of aromatic amines is 1. The number of aromatic nitrogens is 3. The summed E-state index contributed by atoms with van der Waals surface area (Å²) in [5.41, 5.74) is 6.17. The maximum Gasteiger partial charge on any atom is 0.246 e. The van der Waals surface area contributed by atoms with Crippen LogP contribution in [0.3, 0.4) is 0 Å². The van der Waals surface area contributed by atoms with Crippen LogP contribution >= 0.6 is 0 Å². The first-order valence-corrected chi connectivity index (χ1v) is 10.5. The van der Waals surface area contributed by atoms with Gasteiger partial charge in [-0.25, -0.2) is 0 Å². The Morgan fingerprint density at radius 1 is 1.19 bits per heavy atom. The fourth-order valence-electron chi connectivity index (χ4n) is 7.63. The van der Waals surface area contributed by atoms with Crippen molar-refractivity contribution < 1.29 is 4.79 Å². The lowest BCUT2D eigenvalue weighted by molar-refractivity contribution is -0.138. The van der Waals surface area contributed by atoms with Gasteiger partial charge in [-0.15, -0.1) is 5.10 Å². The second-order valence-corrected chi connectivity index (χ2v) is 9.87. The Balaban J connectivity index is 1.47. The summed E-state index contributed by atoms with van der Waals surface area (Å²) in [6, 6.07) is 0.354. The van der Waals surface area contributed by atoms with Gasteiger partial charge in [-0.2, -0.15) is 4.98 Å². The maximum atomic E-state index is 12.2. The molecule has 1 aromatic rings. The molecule has 0 saturated heterocycles. The van der Waals surface area contributed by atoms with E-state index in [2.05, 4.69) is 35.1 Å². The van der Waals surface area contributed by atoms with Crippen LogP contribution in [0.5, 0.6) is 0 Å². The Labute approximate surface area is 161 Å². The van der Waals surface area contributed by atoms with Crippen LogP contribution in [0.25, 0.3) is 0 Å². The standard InChI is InChI=1S/C21H31N5O/c1-20-10-8-14-12(4-7-16-21(14,2)11-9-17(27)26(16)3)13(20)5-6-15(20)18-23-19(22)25-24-18/h9,11-16H,4-8,10H2,1-3H3,(H3,22,23,24,25)/t12-,13-,14+,15?,16?,20-,21+/m0/s1. The van der Waals surface area contributed by atoms with Crippen molar-refractivity contribution in [3.63, 3.8) is 0 Å². The number of amides is 1. The summed E-state index contributed by atoms with van der Waals surface area (Å²) in [6.45, 7) is 4.88. The minimum atomic E-state index is 0.113. The number of nitrogens with one attached hydrogen (secondary N) is 1. The van der Waals surface area contributed by atoms with Gasteiger partial charge >= 0.3 is 0 Å². The summed E-state index contributed by atoms with van der Waals surface area (Å²) in [5, 5.41) is 7.19. The van der Waals surface area contributed by atoms with Gasteiger partial charge < -0.3 is 10.6 Å². The van der Waals surface area contributed by atoms with Crippen LogP contribution in [0.1, 0.15) is 64.1 Å². The van der Waals surface area contributed by atoms with E-state index in [1.807, 2.05) is 18.0 Å². The van der Waals surface area contributed by atoms with Crippen LogP contribution in [0.15, 0.2) is 12.2 Å². The molecule has 3 N–H and O–H groups in total. The molecule has 3 saturated carbocycles. The molecule has 0 bridgehead atoms. The topological polar surface area (TPSA) is 87.9 Å². The summed E-state index contributed by atoms with van der Waals surface area (Å²) < 4.78 is 0. The van der Waals surface area contributed by atoms with Crippen molar-refractivity contribution >= 4 is 11.9 Å². The van der Waals surface area contributed by atoms with Crippen LogP contribution in [-0.4, -0.2) is 39.1 Å². The SMILES string of the molecule is CN1C(=O)C=C[C@@]2(C)C1CC[C@@H]1[C@H]2CC[C@]2(C)C(c3nc(N)n[nH]3)CC[C@@H]12. The Hall–Kier alpha value is -1.85. The second-order valence-electron chi connectivity index (χ2n) is 9.87. The zero-order valence-electron chi connectivity index (χ0n) is 16.6. The van der Waals surface area contributed by atoms with Gasteiger partial charge in [0, 0.05) is 24.4 Å². The molecule has 5 rings (SSSR count). The van der Waals surface area contributed by atoms with Crippen molar-refractivity contribution in [2.75, 3.05) is 12.8 Å². The zero-order valence-corrected chi connectivity index (χ0v) is 16.6. The lowest BCUT2D eigenvalue weighted by Crippen LogP contribution is -2.59. The van der Waals surface area contributed by atoms with Crippen molar-refractivity contribution in [2.24, 2.45) is 28.6 Å². The van der Waals surface area contributed by atoms with Gasteiger partial charge in [0.15, 0.2) is 0 Å². The number of nitrogen functional groups attached to an aromatic ring is 1. The molecule has 1 amide bonds. The molecule has 6 nitrogen and oxygen atoms in total. The summed E-state index contributed by atoms with van der Waals surface area (Å²) in [6.07, 6.45) is 11.3. The molecule has 7 atom stereocenters. The molecule has 4 aliphatic rings. The van der Waals surface area contributed by atoms with E-state index in [4.69, 9.17) is 5.73 Å². The van der Waals surface area contributed by atoms with Gasteiger partial charge in [-0.05, 0) is 67.8 Å². The summed E-state index contributed by atoms with van der Waals surface area (Å²) >= 11 is 0. The van der Waals surface area contributed by atoms with Crippen LogP contribution in [0, 0.1) is 28.6 Å². The molecule has 1 aliphatic heterocycles. The normalized spacial score (nSPS) is 46.1. The predicted molar refractivity (Wildman–Crippen MR) is 104 cm³/mol. The number of fused-ring (bicyclic) bond motifs is 5. The van der Waals surface area contributed by atoms with Crippen molar-refractivity contribution in [1.82, 2.24) is 20.1 Å². The highest BCUT2D eigenvalue weighted by molar-refractivity contribution is 5.89. The quantitative estimate of drug-likeness (QED) is 0.796. The Morgan fingerprint density at radius 3 is 2.74 bits per heavy atom. The predicted octanol–water partition coefficient (Wildman–Crippen LogP) is 3.11. The monoisotopic (exact) mass is 369 g/mol. The Morgan fingerprint density at radius 2 is 2.00 bits per heavy atom. The van der Waals surface area contributed by atoms with E-state index in [1.165, 1.54) is 32.1 Å². The van der Waals surface area contributed by atoms with Crippen molar-refractivity contribution in [2.45, 2.75) is 64.3 Å². The van der Waals surface area contributed by atoms with E-state index in [9.17, 15) is 4.79 Å². The van der Waals surface area contributed by atoms with Crippen molar-refractivity contribution in [1.29, 1.82) is 0 Å². The van der Waals surface area contributed by atoms with Crippen LogP contribution < -0.4 is 5.73 Å². The van der Waals surface area contributed by atoms with Gasteiger partial charge in [0.25, 0.3) is 0 Å². The third kappa shape index (κ3) is 2.21. The fraction of sp³-hybridized carbons (Fsp3) is 0.762. The first kappa shape index (κ1) is 17.3. The average molecular weight is 370 g/mol. The molecule has 2 unspecified atom stereocenters. The summed E-state index contributed by atoms with van der Waals surface area (Å²) in [5.74, 6) is 4.07. The maximum absolute atomic E-state index is 12.2. The lowest BCUT2D eigenvalue weighted by atomic mass is 9.47. The number of rotatable bonds is 1. The molecule has 1 aromatic heterocycles. The molecule has 0 aromatic carbocycles. The Kier molecular flexibility index (Phi) is 3.57. The molecule has 146 valence electrons. The highest BCUT2D eigenvalue weighted by Gasteiger charge is 2.60. The highest BCUT2D eigenvalue weighted by atomic mass is 16.2. The molecule has 3 aliphatic carbocycles. The van der Waals surface area contributed by atoms with E-state index in [1.54, 1.807) is 0 Å². The van der Waals surface area contributed by atoms with Crippen LogP contribution in [-0.2, 0) is 4.79 Å². The number of nitrogens with two attached hydrogens (primary N) is 1. The smallest absolute Gasteiger partial charge is 0.246 e. The number of hydrogen-bond donors (Lipinski definition) is 2. The number of hydrogen-bond acceptors (Lipinski definition) is 4.